The molecular weight excluding hydrogens is 374 g/mol. The van der Waals surface area contributed by atoms with E-state index in [9.17, 15) is 20.1 Å². The summed E-state index contributed by atoms with van der Waals surface area (Å²) in [6.45, 7) is 7.89. The molecule has 0 aromatic heterocycles. The zero-order valence-electron chi connectivity index (χ0n) is 18.0. The first-order valence-corrected chi connectivity index (χ1v) is 10.8. The third kappa shape index (κ3) is 6.34. The lowest BCUT2D eigenvalue weighted by Gasteiger charge is -2.24. The minimum atomic E-state index is -0.914. The Hall–Kier alpha value is -1.34. The summed E-state index contributed by atoms with van der Waals surface area (Å²) in [7, 11) is 3.86. The van der Waals surface area contributed by atoms with Crippen molar-refractivity contribution in [2.45, 2.75) is 44.7 Å². The van der Waals surface area contributed by atoms with Crippen LogP contribution in [0.4, 0.5) is 0 Å². The molecule has 158 valence electrons. The number of quaternary nitrogens is 1. The highest BCUT2D eigenvalue weighted by atomic mass is 32.2. The van der Waals surface area contributed by atoms with Gasteiger partial charge in [0.1, 0.15) is 12.1 Å². The van der Waals surface area contributed by atoms with Gasteiger partial charge >= 0.3 is 0 Å². The summed E-state index contributed by atoms with van der Waals surface area (Å²) in [5.74, 6) is -1.03. The van der Waals surface area contributed by atoms with E-state index in [-0.39, 0.29) is 29.9 Å². The highest BCUT2D eigenvalue weighted by molar-refractivity contribution is 7.98. The lowest BCUT2D eigenvalue weighted by Crippen LogP contribution is -3.11. The molecule has 0 amide bonds. The van der Waals surface area contributed by atoms with E-state index in [0.29, 0.717) is 0 Å². The molecule has 28 heavy (non-hydrogen) atoms. The summed E-state index contributed by atoms with van der Waals surface area (Å²) in [4.78, 5) is 12.8. The quantitative estimate of drug-likeness (QED) is 0.461. The van der Waals surface area contributed by atoms with E-state index in [2.05, 4.69) is 0 Å². The second kappa shape index (κ2) is 10.4. The van der Waals surface area contributed by atoms with Crippen molar-refractivity contribution in [3.05, 3.63) is 41.5 Å². The van der Waals surface area contributed by atoms with E-state index in [1.54, 1.807) is 11.8 Å². The molecule has 1 aliphatic carbocycles. The Balaban J connectivity index is 0.000000292. The van der Waals surface area contributed by atoms with Gasteiger partial charge in [0.25, 0.3) is 0 Å². The molecule has 0 spiro atoms. The Kier molecular flexibility index (Phi) is 9.21. The van der Waals surface area contributed by atoms with Gasteiger partial charge in [0.2, 0.25) is 0 Å². The average Bonchev–Trinajstić information content (AvgIpc) is 3.15. The van der Waals surface area contributed by atoms with Crippen LogP contribution < -0.4 is 10.0 Å². The number of carbonyl (C=O) groups excluding carboxylic acids is 1. The van der Waals surface area contributed by atoms with Gasteiger partial charge in [-0.25, -0.2) is 0 Å². The summed E-state index contributed by atoms with van der Waals surface area (Å²) < 4.78 is 0. The van der Waals surface area contributed by atoms with Crippen LogP contribution in [0.1, 0.15) is 39.4 Å². The fourth-order valence-corrected chi connectivity index (χ4v) is 3.84. The van der Waals surface area contributed by atoms with E-state index in [1.807, 2.05) is 78.4 Å². The molecule has 1 aromatic carbocycles. The Bertz CT molecular complexity index is 666. The normalized spacial score (nSPS) is 21.9. The maximum Gasteiger partial charge on any atom is 0.141 e. The molecule has 3 N–H and O–H groups in total. The SMILES string of the molecule is CC(C)=C[C@@H]1[C@@H](C(=O)[O-])C1(C)C.CSc1ccc([C@@H](O)[C@@H](CO)[NH+](C)C)cc1. The smallest absolute Gasteiger partial charge is 0.141 e. The number of aliphatic carboxylic acids is 1. The van der Waals surface area contributed by atoms with Crippen molar-refractivity contribution in [1.29, 1.82) is 0 Å². The number of carbonyl (C=O) groups is 1. The molecule has 0 radical (unpaired) electrons. The predicted octanol–water partition coefficient (Wildman–Crippen LogP) is 0.922. The summed E-state index contributed by atoms with van der Waals surface area (Å²) in [5, 5.41) is 30.0. The molecule has 1 fully saturated rings. The zero-order valence-corrected chi connectivity index (χ0v) is 18.8. The van der Waals surface area contributed by atoms with Crippen LogP contribution in [0.3, 0.4) is 0 Å². The fraction of sp³-hybridized carbons (Fsp3) is 0.591. The lowest BCUT2D eigenvalue weighted by atomic mass is 10.0. The number of carboxylic acid groups (broad SMARTS) is 1. The number of aliphatic hydroxyl groups excluding tert-OH is 2. The maximum atomic E-state index is 10.6. The Labute approximate surface area is 173 Å². The summed E-state index contributed by atoms with van der Waals surface area (Å²) in [6, 6.07) is 7.63. The van der Waals surface area contributed by atoms with Crippen LogP contribution in [0.2, 0.25) is 0 Å². The third-order valence-electron chi connectivity index (χ3n) is 5.45. The number of thioether (sulfide) groups is 1. The number of benzene rings is 1. The number of rotatable bonds is 7. The van der Waals surface area contributed by atoms with Crippen LogP contribution in [0.15, 0.2) is 40.8 Å². The fourth-order valence-electron chi connectivity index (χ4n) is 3.43. The van der Waals surface area contributed by atoms with Crippen LogP contribution in [0.25, 0.3) is 0 Å². The molecule has 4 atom stereocenters. The number of nitrogens with one attached hydrogen (secondary N) is 1. The predicted molar refractivity (Wildman–Crippen MR) is 112 cm³/mol. The molecule has 0 bridgehead atoms. The molecule has 1 aromatic rings. The van der Waals surface area contributed by atoms with E-state index in [1.165, 1.54) is 10.5 Å². The second-order valence-electron chi connectivity index (χ2n) is 8.47. The number of carboxylic acids is 1. The second-order valence-corrected chi connectivity index (χ2v) is 9.35. The van der Waals surface area contributed by atoms with Crippen LogP contribution >= 0.6 is 11.8 Å². The van der Waals surface area contributed by atoms with Crippen LogP contribution in [-0.2, 0) is 4.79 Å². The van der Waals surface area contributed by atoms with Crippen molar-refractivity contribution >= 4 is 17.7 Å². The van der Waals surface area contributed by atoms with Gasteiger partial charge < -0.3 is 25.0 Å². The first-order valence-electron chi connectivity index (χ1n) is 9.56. The molecule has 1 aliphatic rings. The van der Waals surface area contributed by atoms with Crippen LogP contribution in [-0.4, -0.2) is 49.2 Å². The minimum absolute atomic E-state index is 0.0201. The summed E-state index contributed by atoms with van der Waals surface area (Å²) >= 11 is 1.67. The van der Waals surface area contributed by atoms with Crippen LogP contribution in [0, 0.1) is 17.3 Å². The lowest BCUT2D eigenvalue weighted by molar-refractivity contribution is -0.891. The molecular formula is C22H35NO4S. The molecule has 0 unspecified atom stereocenters. The first kappa shape index (κ1) is 24.7. The van der Waals surface area contributed by atoms with Crippen molar-refractivity contribution in [2.24, 2.45) is 17.3 Å². The van der Waals surface area contributed by atoms with E-state index in [4.69, 9.17) is 0 Å². The van der Waals surface area contributed by atoms with Crippen molar-refractivity contribution in [3.8, 4) is 0 Å². The number of hydrogen-bond acceptors (Lipinski definition) is 5. The van der Waals surface area contributed by atoms with Gasteiger partial charge in [0, 0.05) is 16.8 Å². The highest BCUT2D eigenvalue weighted by Gasteiger charge is 2.56. The largest absolute Gasteiger partial charge is 0.550 e. The summed E-state index contributed by atoms with van der Waals surface area (Å²) in [5.41, 5.74) is 1.94. The van der Waals surface area contributed by atoms with Crippen LogP contribution in [0.5, 0.6) is 0 Å². The number of allylic oxidation sites excluding steroid dienone is 2. The molecule has 5 nitrogen and oxygen atoms in total. The van der Waals surface area contributed by atoms with Crippen molar-refractivity contribution < 1.29 is 25.0 Å². The Morgan fingerprint density at radius 3 is 2.14 bits per heavy atom. The molecule has 0 aliphatic heterocycles. The van der Waals surface area contributed by atoms with E-state index in [0.717, 1.165) is 10.5 Å². The maximum absolute atomic E-state index is 10.6. The highest BCUT2D eigenvalue weighted by Crippen LogP contribution is 2.58. The molecule has 6 heteroatoms. The monoisotopic (exact) mass is 409 g/mol. The molecule has 2 rings (SSSR count). The topological polar surface area (TPSA) is 85.0 Å². The van der Waals surface area contributed by atoms with Gasteiger partial charge in [-0.2, -0.15) is 0 Å². The van der Waals surface area contributed by atoms with E-state index < -0.39 is 12.1 Å². The average molecular weight is 410 g/mol. The van der Waals surface area contributed by atoms with Gasteiger partial charge in [0.05, 0.1) is 20.7 Å². The van der Waals surface area contributed by atoms with E-state index >= 15 is 0 Å². The molecule has 0 saturated heterocycles. The standard InChI is InChI=1S/C12H19NO2S.C10H16O2/c1-13(2)11(8-14)12(15)9-4-6-10(16-3)7-5-9;1-6(2)5-7-8(9(11)12)10(7,3)4/h4-7,11-12,14-15H,8H2,1-3H3;5,7-8H,1-4H3,(H,11,12)/t11-,12-;7-,8+/m11/s1. The summed E-state index contributed by atoms with van der Waals surface area (Å²) in [6.07, 6.45) is 3.43. The van der Waals surface area contributed by atoms with Crippen molar-refractivity contribution in [1.82, 2.24) is 0 Å². The first-order chi connectivity index (χ1) is 13.0. The van der Waals surface area contributed by atoms with Gasteiger partial charge in [0.15, 0.2) is 0 Å². The van der Waals surface area contributed by atoms with Gasteiger partial charge in [-0.15, -0.1) is 11.8 Å². The van der Waals surface area contributed by atoms with Crippen molar-refractivity contribution in [2.75, 3.05) is 27.0 Å². The molecule has 1 saturated carbocycles. The van der Waals surface area contributed by atoms with Gasteiger partial charge in [-0.05, 0) is 49.1 Å². The zero-order chi connectivity index (χ0) is 21.6. The number of hydrogen-bond donors (Lipinski definition) is 3. The minimum Gasteiger partial charge on any atom is -0.550 e. The van der Waals surface area contributed by atoms with Gasteiger partial charge in [-0.3, -0.25) is 0 Å². The Morgan fingerprint density at radius 2 is 1.82 bits per heavy atom. The third-order valence-corrected chi connectivity index (χ3v) is 6.20. The molecule has 0 heterocycles. The van der Waals surface area contributed by atoms with Gasteiger partial charge in [-0.1, -0.05) is 37.6 Å². The number of aliphatic hydroxyl groups is 2. The number of likely N-dealkylation sites (N-methyl/N-ethyl adjacent to an activating group) is 1. The van der Waals surface area contributed by atoms with Crippen molar-refractivity contribution in [3.63, 3.8) is 0 Å². The Morgan fingerprint density at radius 1 is 1.29 bits per heavy atom.